The Morgan fingerprint density at radius 1 is 1.17 bits per heavy atom. The van der Waals surface area contributed by atoms with Crippen LogP contribution in [0.25, 0.3) is 5.78 Å². The number of nitrogens with one attached hydrogen (secondary N) is 2. The van der Waals surface area contributed by atoms with E-state index >= 15 is 0 Å². The van der Waals surface area contributed by atoms with Gasteiger partial charge in [-0.1, -0.05) is 0 Å². The largest absolute Gasteiger partial charge is 0.393 e. The minimum absolute atomic E-state index is 0.0110. The Hall–Kier alpha value is -3.89. The van der Waals surface area contributed by atoms with Crippen LogP contribution in [0.3, 0.4) is 0 Å². The molecule has 2 amide bonds. The predicted octanol–water partition coefficient (Wildman–Crippen LogP) is 3.47. The molecule has 4 saturated heterocycles. The first-order chi connectivity index (χ1) is 22.4. The first kappa shape index (κ1) is 31.7. The Labute approximate surface area is 266 Å². The summed E-state index contributed by atoms with van der Waals surface area (Å²) < 4.78 is 77.9. The number of carbonyl (C=O) groups excluding carboxylic acids is 2. The summed E-state index contributed by atoms with van der Waals surface area (Å²) in [4.78, 5) is 37.7. The monoisotopic (exact) mass is 665 g/mol. The zero-order valence-corrected chi connectivity index (χ0v) is 25.7. The zero-order valence-electron chi connectivity index (χ0n) is 25.7. The smallest absolute Gasteiger partial charge is 0.371 e. The van der Waals surface area contributed by atoms with E-state index in [1.165, 1.54) is 15.4 Å². The molecule has 47 heavy (non-hydrogen) atoms. The standard InChI is InChI=1S/C30H36F5N9O3/c1-2-43-23(5-8-37-43)27(46)39-24(16-3-6-29(31,32)7-4-16)22-15-44-28(38-22)40-25(42-13-19-11-20(14-42)47-19)21(41-44)10-17-9-18(30(33,34)35)12-36-26(17)45/h5,8,15-20,24H,2-4,6-7,9-14H2,1H3,(H,36,45)(H,39,46)/t17?,18-,19?,20?,24+/m1/s1. The van der Waals surface area contributed by atoms with Crippen LogP contribution in [0.15, 0.2) is 18.5 Å². The molecule has 5 fully saturated rings. The molecule has 3 aromatic heterocycles. The highest BCUT2D eigenvalue weighted by Gasteiger charge is 2.46. The molecule has 2 bridgehead atoms. The molecular weight excluding hydrogens is 629 g/mol. The number of rotatable bonds is 8. The van der Waals surface area contributed by atoms with Crippen molar-refractivity contribution >= 4 is 23.4 Å². The summed E-state index contributed by atoms with van der Waals surface area (Å²) in [7, 11) is 0. The number of aromatic nitrogens is 6. The number of carbonyl (C=O) groups is 2. The third kappa shape index (κ3) is 6.37. The third-order valence-electron chi connectivity index (χ3n) is 9.89. The minimum atomic E-state index is -4.45. The van der Waals surface area contributed by atoms with Crippen LogP contribution in [0.2, 0.25) is 0 Å². The lowest BCUT2D eigenvalue weighted by Crippen LogP contribution is -2.57. The normalized spacial score (nSPS) is 26.9. The summed E-state index contributed by atoms with van der Waals surface area (Å²) in [6, 6.07) is 0.829. The molecular formula is C30H36F5N9O3. The second-order valence-electron chi connectivity index (χ2n) is 13.1. The SMILES string of the molecule is CCn1nccc1C(=O)N[C@H](c1cn2nc(CC3C[C@@H](C(F)(F)F)CNC3=O)c(N3CC4CC(C3)O4)nc2n1)C1CCC(F)(F)CC1. The van der Waals surface area contributed by atoms with Gasteiger partial charge in [-0.3, -0.25) is 14.3 Å². The number of hydrogen-bond acceptors (Lipinski definition) is 8. The molecule has 5 aliphatic rings. The van der Waals surface area contributed by atoms with Gasteiger partial charge >= 0.3 is 6.18 Å². The van der Waals surface area contributed by atoms with Gasteiger partial charge in [0.15, 0.2) is 5.82 Å². The Morgan fingerprint density at radius 2 is 1.89 bits per heavy atom. The Bertz CT molecular complexity index is 1630. The maximum Gasteiger partial charge on any atom is 0.393 e. The number of nitrogens with zero attached hydrogens (tertiary/aromatic N) is 7. The van der Waals surface area contributed by atoms with Crippen LogP contribution in [-0.2, 0) is 22.5 Å². The number of piperidine rings is 2. The fourth-order valence-electron chi connectivity index (χ4n) is 7.31. The van der Waals surface area contributed by atoms with Gasteiger partial charge in [-0.05, 0) is 38.2 Å². The molecule has 17 heteroatoms. The van der Waals surface area contributed by atoms with Gasteiger partial charge in [0.25, 0.3) is 11.7 Å². The number of anilines is 1. The van der Waals surface area contributed by atoms with Crippen LogP contribution in [-0.4, -0.2) is 85.1 Å². The lowest BCUT2D eigenvalue weighted by Gasteiger charge is -2.47. The van der Waals surface area contributed by atoms with Gasteiger partial charge in [-0.15, -0.1) is 0 Å². The van der Waals surface area contributed by atoms with Crippen molar-refractivity contribution in [2.24, 2.45) is 17.8 Å². The number of amides is 2. The van der Waals surface area contributed by atoms with Crippen molar-refractivity contribution in [3.05, 3.63) is 35.5 Å². The van der Waals surface area contributed by atoms with Crippen molar-refractivity contribution in [3.8, 4) is 0 Å². The Balaban J connectivity index is 1.24. The first-order valence-electron chi connectivity index (χ1n) is 16.1. The predicted molar refractivity (Wildman–Crippen MR) is 156 cm³/mol. The molecule has 5 atom stereocenters. The number of halogens is 5. The van der Waals surface area contributed by atoms with Gasteiger partial charge in [0.2, 0.25) is 11.8 Å². The van der Waals surface area contributed by atoms with E-state index in [0.717, 1.165) is 6.42 Å². The summed E-state index contributed by atoms with van der Waals surface area (Å²) in [5, 5.41) is 14.3. The number of fused-ring (bicyclic) bond motifs is 3. The van der Waals surface area contributed by atoms with Gasteiger partial charge in [-0.2, -0.15) is 28.4 Å². The highest BCUT2D eigenvalue weighted by atomic mass is 19.4. The number of aryl methyl sites for hydroxylation is 1. The van der Waals surface area contributed by atoms with E-state index in [4.69, 9.17) is 19.8 Å². The molecule has 1 aliphatic carbocycles. The zero-order chi connectivity index (χ0) is 33.1. The molecule has 3 unspecified atom stereocenters. The molecule has 0 spiro atoms. The van der Waals surface area contributed by atoms with Crippen molar-refractivity contribution in [1.82, 2.24) is 40.0 Å². The van der Waals surface area contributed by atoms with Gasteiger partial charge < -0.3 is 20.3 Å². The molecule has 1 saturated carbocycles. The lowest BCUT2D eigenvalue weighted by atomic mass is 9.81. The summed E-state index contributed by atoms with van der Waals surface area (Å²) in [5.74, 6) is -6.09. The fourth-order valence-corrected chi connectivity index (χ4v) is 7.31. The van der Waals surface area contributed by atoms with E-state index < -0.39 is 48.3 Å². The van der Waals surface area contributed by atoms with Crippen LogP contribution in [0.1, 0.15) is 73.4 Å². The number of ether oxygens (including phenoxy) is 1. The van der Waals surface area contributed by atoms with E-state index in [2.05, 4.69) is 15.7 Å². The number of hydrogen-bond donors (Lipinski definition) is 2. The van der Waals surface area contributed by atoms with Crippen molar-refractivity contribution < 1.29 is 36.3 Å². The molecule has 12 nitrogen and oxygen atoms in total. The fraction of sp³-hybridized carbons (Fsp3) is 0.667. The summed E-state index contributed by atoms with van der Waals surface area (Å²) in [6.07, 6.45) is -1.27. The van der Waals surface area contributed by atoms with E-state index in [-0.39, 0.29) is 62.4 Å². The maximum absolute atomic E-state index is 14.2. The van der Waals surface area contributed by atoms with Crippen LogP contribution in [0.4, 0.5) is 27.8 Å². The molecule has 0 radical (unpaired) electrons. The van der Waals surface area contributed by atoms with Crippen molar-refractivity contribution in [1.29, 1.82) is 0 Å². The van der Waals surface area contributed by atoms with E-state index in [1.807, 2.05) is 11.8 Å². The molecule has 3 aromatic rings. The topological polar surface area (TPSA) is 132 Å². The number of alkyl halides is 5. The molecule has 4 aliphatic heterocycles. The number of morpholine rings is 1. The van der Waals surface area contributed by atoms with Crippen LogP contribution >= 0.6 is 0 Å². The second-order valence-corrected chi connectivity index (χ2v) is 13.1. The molecule has 0 aromatic carbocycles. The molecule has 7 heterocycles. The van der Waals surface area contributed by atoms with Gasteiger partial charge in [-0.25, -0.2) is 18.3 Å². The molecule has 8 rings (SSSR count). The van der Waals surface area contributed by atoms with E-state index in [0.29, 0.717) is 42.5 Å². The quantitative estimate of drug-likeness (QED) is 0.350. The minimum Gasteiger partial charge on any atom is -0.371 e. The van der Waals surface area contributed by atoms with Crippen molar-refractivity contribution in [2.75, 3.05) is 24.5 Å². The van der Waals surface area contributed by atoms with Crippen LogP contribution < -0.4 is 15.5 Å². The second kappa shape index (κ2) is 12.0. The lowest BCUT2D eigenvalue weighted by molar-refractivity contribution is -0.183. The molecule has 2 N–H and O–H groups in total. The molecule has 254 valence electrons. The highest BCUT2D eigenvalue weighted by Crippen LogP contribution is 2.42. The van der Waals surface area contributed by atoms with Gasteiger partial charge in [0, 0.05) is 64.0 Å². The maximum atomic E-state index is 14.2. The first-order valence-corrected chi connectivity index (χ1v) is 16.1. The summed E-state index contributed by atoms with van der Waals surface area (Å²) >= 11 is 0. The van der Waals surface area contributed by atoms with Crippen LogP contribution in [0, 0.1) is 17.8 Å². The third-order valence-corrected chi connectivity index (χ3v) is 9.89. The van der Waals surface area contributed by atoms with Crippen LogP contribution in [0.5, 0.6) is 0 Å². The van der Waals surface area contributed by atoms with E-state index in [1.54, 1.807) is 12.3 Å². The summed E-state index contributed by atoms with van der Waals surface area (Å²) in [6.45, 7) is 2.84. The Morgan fingerprint density at radius 3 is 2.57 bits per heavy atom. The average Bonchev–Trinajstić information content (AvgIpc) is 3.67. The van der Waals surface area contributed by atoms with Gasteiger partial charge in [0.05, 0.1) is 36.1 Å². The van der Waals surface area contributed by atoms with Gasteiger partial charge in [0.1, 0.15) is 11.4 Å². The number of imidazole rings is 1. The highest BCUT2D eigenvalue weighted by molar-refractivity contribution is 5.92. The summed E-state index contributed by atoms with van der Waals surface area (Å²) in [5.41, 5.74) is 1.03. The van der Waals surface area contributed by atoms with E-state index in [9.17, 15) is 31.5 Å². The Kier molecular flexibility index (Phi) is 8.07. The van der Waals surface area contributed by atoms with Crippen molar-refractivity contribution in [2.45, 2.75) is 88.8 Å². The van der Waals surface area contributed by atoms with Crippen molar-refractivity contribution in [3.63, 3.8) is 0 Å². The average molecular weight is 666 g/mol.